The third kappa shape index (κ3) is 1.27. The smallest absolute Gasteiger partial charge is 0.147 e. The van der Waals surface area contributed by atoms with Gasteiger partial charge in [-0.15, -0.1) is 0 Å². The molecular formula is C9H11ClN2. The van der Waals surface area contributed by atoms with Crippen LogP contribution in [0.4, 0.5) is 5.82 Å². The van der Waals surface area contributed by atoms with Crippen LogP contribution >= 0.6 is 11.6 Å². The zero-order valence-corrected chi connectivity index (χ0v) is 7.75. The summed E-state index contributed by atoms with van der Waals surface area (Å²) in [4.78, 5) is 6.43. The number of nitrogens with zero attached hydrogens (tertiary/aromatic N) is 2. The molecule has 1 fully saturated rings. The Balaban J connectivity index is 2.18. The van der Waals surface area contributed by atoms with E-state index in [-0.39, 0.29) is 0 Å². The predicted octanol–water partition coefficient (Wildman–Crippen LogP) is 2.19. The molecule has 1 aromatic rings. The summed E-state index contributed by atoms with van der Waals surface area (Å²) in [5.74, 6) is 1.71. The van der Waals surface area contributed by atoms with Gasteiger partial charge in [-0.2, -0.15) is 0 Å². The Kier molecular flexibility index (Phi) is 1.93. The number of pyridine rings is 1. The van der Waals surface area contributed by atoms with E-state index in [1.807, 2.05) is 12.1 Å². The predicted molar refractivity (Wildman–Crippen MR) is 50.6 cm³/mol. The molecule has 0 unspecified atom stereocenters. The van der Waals surface area contributed by atoms with Gasteiger partial charge in [-0.05, 0) is 18.1 Å². The maximum Gasteiger partial charge on any atom is 0.147 e. The van der Waals surface area contributed by atoms with Gasteiger partial charge in [0.1, 0.15) is 5.82 Å². The number of anilines is 1. The van der Waals surface area contributed by atoms with Crippen LogP contribution in [0.1, 0.15) is 6.92 Å². The fourth-order valence-electron chi connectivity index (χ4n) is 1.48. The van der Waals surface area contributed by atoms with E-state index in [1.54, 1.807) is 6.20 Å². The molecule has 3 heteroatoms. The van der Waals surface area contributed by atoms with Crippen molar-refractivity contribution >= 4 is 17.4 Å². The molecule has 0 radical (unpaired) electrons. The molecule has 0 atom stereocenters. The first-order valence-corrected chi connectivity index (χ1v) is 4.50. The Morgan fingerprint density at radius 3 is 2.92 bits per heavy atom. The van der Waals surface area contributed by atoms with Crippen LogP contribution in [-0.2, 0) is 0 Å². The lowest BCUT2D eigenvalue weighted by Crippen LogP contribution is -2.45. The van der Waals surface area contributed by atoms with Gasteiger partial charge in [-0.1, -0.05) is 18.5 Å². The van der Waals surface area contributed by atoms with E-state index in [1.165, 1.54) is 0 Å². The SMILES string of the molecule is CC1CN(c2ncccc2Cl)C1. The molecule has 1 saturated heterocycles. The molecule has 0 bridgehead atoms. The van der Waals surface area contributed by atoms with Crippen molar-refractivity contribution in [3.05, 3.63) is 23.4 Å². The molecule has 64 valence electrons. The zero-order valence-electron chi connectivity index (χ0n) is 7.00. The van der Waals surface area contributed by atoms with Crippen LogP contribution in [0.3, 0.4) is 0 Å². The van der Waals surface area contributed by atoms with Crippen LogP contribution in [0.15, 0.2) is 18.3 Å². The second kappa shape index (κ2) is 2.94. The first-order chi connectivity index (χ1) is 5.77. The van der Waals surface area contributed by atoms with Gasteiger partial charge in [0, 0.05) is 19.3 Å². The molecule has 0 saturated carbocycles. The van der Waals surface area contributed by atoms with Crippen molar-refractivity contribution < 1.29 is 0 Å². The highest BCUT2D eigenvalue weighted by atomic mass is 35.5. The van der Waals surface area contributed by atoms with Crippen molar-refractivity contribution in [3.8, 4) is 0 Å². The lowest BCUT2D eigenvalue weighted by atomic mass is 10.0. The first-order valence-electron chi connectivity index (χ1n) is 4.13. The minimum atomic E-state index is 0.754. The van der Waals surface area contributed by atoms with Crippen LogP contribution in [0.25, 0.3) is 0 Å². The lowest BCUT2D eigenvalue weighted by molar-refractivity contribution is 0.443. The summed E-state index contributed by atoms with van der Waals surface area (Å²) < 4.78 is 0. The highest BCUT2D eigenvalue weighted by Gasteiger charge is 2.24. The minimum Gasteiger partial charge on any atom is -0.355 e. The van der Waals surface area contributed by atoms with E-state index in [2.05, 4.69) is 16.8 Å². The quantitative estimate of drug-likeness (QED) is 0.662. The Labute approximate surface area is 77.2 Å². The average molecular weight is 183 g/mol. The molecule has 0 spiro atoms. The molecule has 2 heterocycles. The zero-order chi connectivity index (χ0) is 8.55. The average Bonchev–Trinajstić information content (AvgIpc) is 2.01. The van der Waals surface area contributed by atoms with Gasteiger partial charge in [0.25, 0.3) is 0 Å². The van der Waals surface area contributed by atoms with Crippen molar-refractivity contribution in [1.29, 1.82) is 0 Å². The van der Waals surface area contributed by atoms with Gasteiger partial charge in [0.15, 0.2) is 0 Å². The van der Waals surface area contributed by atoms with Crippen LogP contribution in [0.2, 0.25) is 5.02 Å². The van der Waals surface area contributed by atoms with Gasteiger partial charge in [-0.3, -0.25) is 0 Å². The molecule has 0 aromatic carbocycles. The van der Waals surface area contributed by atoms with E-state index < -0.39 is 0 Å². The summed E-state index contributed by atoms with van der Waals surface area (Å²) in [5, 5.41) is 0.754. The monoisotopic (exact) mass is 182 g/mol. The van der Waals surface area contributed by atoms with Crippen LogP contribution in [0, 0.1) is 5.92 Å². The lowest BCUT2D eigenvalue weighted by Gasteiger charge is -2.38. The summed E-state index contributed by atoms with van der Waals surface area (Å²) in [7, 11) is 0. The minimum absolute atomic E-state index is 0.754. The maximum atomic E-state index is 5.98. The van der Waals surface area contributed by atoms with Gasteiger partial charge >= 0.3 is 0 Å². The normalized spacial score (nSPS) is 17.7. The number of halogens is 1. The molecule has 2 rings (SSSR count). The third-order valence-corrected chi connectivity index (χ3v) is 2.40. The molecule has 1 aliphatic rings. The Morgan fingerprint density at radius 2 is 2.33 bits per heavy atom. The largest absolute Gasteiger partial charge is 0.355 e. The van der Waals surface area contributed by atoms with Crippen molar-refractivity contribution in [2.45, 2.75) is 6.92 Å². The fraction of sp³-hybridized carbons (Fsp3) is 0.444. The van der Waals surface area contributed by atoms with Gasteiger partial charge < -0.3 is 4.90 Å². The van der Waals surface area contributed by atoms with Crippen molar-refractivity contribution in [2.75, 3.05) is 18.0 Å². The Morgan fingerprint density at radius 1 is 1.58 bits per heavy atom. The van der Waals surface area contributed by atoms with Gasteiger partial charge in [0.05, 0.1) is 5.02 Å². The summed E-state index contributed by atoms with van der Waals surface area (Å²) in [6, 6.07) is 3.74. The molecule has 2 nitrogen and oxygen atoms in total. The summed E-state index contributed by atoms with van der Waals surface area (Å²) in [5.41, 5.74) is 0. The maximum absolute atomic E-state index is 5.98. The van der Waals surface area contributed by atoms with Crippen LogP contribution in [0.5, 0.6) is 0 Å². The van der Waals surface area contributed by atoms with E-state index in [0.29, 0.717) is 0 Å². The van der Waals surface area contributed by atoms with Crippen LogP contribution < -0.4 is 4.90 Å². The summed E-state index contributed by atoms with van der Waals surface area (Å²) in [6.07, 6.45) is 1.78. The van der Waals surface area contributed by atoms with Crippen molar-refractivity contribution in [3.63, 3.8) is 0 Å². The number of aromatic nitrogens is 1. The summed E-state index contributed by atoms with van der Waals surface area (Å²) >= 11 is 5.98. The summed E-state index contributed by atoms with van der Waals surface area (Å²) in [6.45, 7) is 4.39. The fourth-order valence-corrected chi connectivity index (χ4v) is 1.72. The third-order valence-electron chi connectivity index (χ3n) is 2.10. The van der Waals surface area contributed by atoms with Crippen molar-refractivity contribution in [2.24, 2.45) is 5.92 Å². The second-order valence-electron chi connectivity index (χ2n) is 3.32. The topological polar surface area (TPSA) is 16.1 Å². The molecule has 0 aliphatic carbocycles. The first kappa shape index (κ1) is 7.87. The van der Waals surface area contributed by atoms with E-state index in [9.17, 15) is 0 Å². The standard InChI is InChI=1S/C9H11ClN2/c1-7-5-12(6-7)9-8(10)3-2-4-11-9/h2-4,7H,5-6H2,1H3. The van der Waals surface area contributed by atoms with E-state index in [0.717, 1.165) is 29.8 Å². The highest BCUT2D eigenvalue weighted by molar-refractivity contribution is 6.32. The van der Waals surface area contributed by atoms with E-state index >= 15 is 0 Å². The highest BCUT2D eigenvalue weighted by Crippen LogP contribution is 2.28. The Hall–Kier alpha value is -0.760. The van der Waals surface area contributed by atoms with Gasteiger partial charge in [-0.25, -0.2) is 4.98 Å². The van der Waals surface area contributed by atoms with Gasteiger partial charge in [0.2, 0.25) is 0 Å². The molecule has 0 N–H and O–H groups in total. The molecule has 0 amide bonds. The molecule has 12 heavy (non-hydrogen) atoms. The molecular weight excluding hydrogens is 172 g/mol. The second-order valence-corrected chi connectivity index (χ2v) is 3.73. The number of hydrogen-bond donors (Lipinski definition) is 0. The molecule has 1 aliphatic heterocycles. The molecule has 1 aromatic heterocycles. The number of rotatable bonds is 1. The van der Waals surface area contributed by atoms with E-state index in [4.69, 9.17) is 11.6 Å². The Bertz CT molecular complexity index is 282. The van der Waals surface area contributed by atoms with Crippen LogP contribution in [-0.4, -0.2) is 18.1 Å². The number of hydrogen-bond acceptors (Lipinski definition) is 2. The van der Waals surface area contributed by atoms with Crippen molar-refractivity contribution in [1.82, 2.24) is 4.98 Å².